The van der Waals surface area contributed by atoms with Crippen LogP contribution in [-0.4, -0.2) is 4.98 Å². The Morgan fingerprint density at radius 3 is 3.33 bits per heavy atom. The van der Waals surface area contributed by atoms with Crippen LogP contribution in [0.15, 0.2) is 34.4 Å². The maximum absolute atomic E-state index is 5.19. The van der Waals surface area contributed by atoms with Gasteiger partial charge in [-0.3, -0.25) is 0 Å². The second kappa shape index (κ2) is 2.08. The normalized spacial score (nSPS) is 11.3. The molecule has 0 saturated heterocycles. The molecule has 0 bridgehead atoms. The molecular weight excluding hydrogens is 170 g/mol. The predicted molar refractivity (Wildman–Crippen MR) is 49.4 cm³/mol. The number of thiophene rings is 1. The number of hydrogen-bond donors (Lipinski definition) is 0. The number of nitrogens with zero attached hydrogens (tertiary/aromatic N) is 1. The molecule has 0 aliphatic carbocycles. The van der Waals surface area contributed by atoms with Crippen molar-refractivity contribution < 1.29 is 4.42 Å². The first-order valence-electron chi connectivity index (χ1n) is 3.64. The Bertz CT molecular complexity index is 446. The molecule has 0 amide bonds. The third-order valence-electron chi connectivity index (χ3n) is 1.91. The van der Waals surface area contributed by atoms with Crippen LogP contribution in [0.4, 0.5) is 0 Å². The molecule has 3 aromatic rings. The zero-order valence-electron chi connectivity index (χ0n) is 6.15. The molecule has 2 aromatic heterocycles. The van der Waals surface area contributed by atoms with Gasteiger partial charge in [-0.25, -0.2) is 4.98 Å². The summed E-state index contributed by atoms with van der Waals surface area (Å²) in [6.07, 6.45) is 1.48. The van der Waals surface area contributed by atoms with Crippen molar-refractivity contribution in [1.29, 1.82) is 0 Å². The molecule has 3 rings (SSSR count). The van der Waals surface area contributed by atoms with Gasteiger partial charge in [0.15, 0.2) is 12.0 Å². The van der Waals surface area contributed by atoms with E-state index in [1.165, 1.54) is 16.5 Å². The summed E-state index contributed by atoms with van der Waals surface area (Å²) in [7, 11) is 0. The van der Waals surface area contributed by atoms with E-state index < -0.39 is 0 Å². The molecule has 58 valence electrons. The van der Waals surface area contributed by atoms with Crippen molar-refractivity contribution in [1.82, 2.24) is 4.98 Å². The van der Waals surface area contributed by atoms with Crippen molar-refractivity contribution in [3.8, 4) is 0 Å². The summed E-state index contributed by atoms with van der Waals surface area (Å²) in [4.78, 5) is 4.09. The van der Waals surface area contributed by atoms with E-state index >= 15 is 0 Å². The topological polar surface area (TPSA) is 26.0 Å². The molecule has 0 N–H and O–H groups in total. The first kappa shape index (κ1) is 6.20. The van der Waals surface area contributed by atoms with Crippen LogP contribution in [0.5, 0.6) is 0 Å². The average Bonchev–Trinajstić information content (AvgIpc) is 2.64. The standard InChI is InChI=1S/C9H5NOS/c1-2-12-9-4-7-8(3-6(1)9)11-5-10-7/h1-5H. The summed E-state index contributed by atoms with van der Waals surface area (Å²) >= 11 is 1.72. The van der Waals surface area contributed by atoms with Crippen molar-refractivity contribution in [3.63, 3.8) is 0 Å². The monoisotopic (exact) mass is 175 g/mol. The first-order valence-corrected chi connectivity index (χ1v) is 4.52. The van der Waals surface area contributed by atoms with E-state index in [0.717, 1.165) is 11.1 Å². The Hall–Kier alpha value is -1.35. The van der Waals surface area contributed by atoms with Gasteiger partial charge in [-0.2, -0.15) is 0 Å². The van der Waals surface area contributed by atoms with E-state index in [2.05, 4.69) is 22.5 Å². The minimum absolute atomic E-state index is 0.862. The second-order valence-electron chi connectivity index (χ2n) is 2.63. The highest BCUT2D eigenvalue weighted by Crippen LogP contribution is 2.25. The van der Waals surface area contributed by atoms with Crippen LogP contribution in [0, 0.1) is 0 Å². The fourth-order valence-electron chi connectivity index (χ4n) is 1.31. The molecule has 3 heteroatoms. The fourth-order valence-corrected chi connectivity index (χ4v) is 2.12. The van der Waals surface area contributed by atoms with Crippen LogP contribution in [-0.2, 0) is 0 Å². The highest BCUT2D eigenvalue weighted by Gasteiger charge is 2.01. The zero-order valence-corrected chi connectivity index (χ0v) is 6.97. The SMILES string of the molecule is c1nc2cc3sccc3cc2o1. The van der Waals surface area contributed by atoms with Gasteiger partial charge in [-0.05, 0) is 29.0 Å². The smallest absolute Gasteiger partial charge is 0.181 e. The molecule has 0 aliphatic rings. The largest absolute Gasteiger partial charge is 0.443 e. The number of aromatic nitrogens is 1. The molecule has 1 aromatic carbocycles. The van der Waals surface area contributed by atoms with Gasteiger partial charge in [0.1, 0.15) is 5.52 Å². The lowest BCUT2D eigenvalue weighted by molar-refractivity contribution is 0.602. The quantitative estimate of drug-likeness (QED) is 0.525. The maximum atomic E-state index is 5.19. The van der Waals surface area contributed by atoms with Gasteiger partial charge < -0.3 is 4.42 Å². The van der Waals surface area contributed by atoms with Gasteiger partial charge in [-0.15, -0.1) is 11.3 Å². The Balaban J connectivity index is 2.62. The van der Waals surface area contributed by atoms with Gasteiger partial charge in [0.2, 0.25) is 0 Å². The third kappa shape index (κ3) is 0.713. The van der Waals surface area contributed by atoms with E-state index in [9.17, 15) is 0 Å². The molecule has 12 heavy (non-hydrogen) atoms. The minimum Gasteiger partial charge on any atom is -0.443 e. The predicted octanol–water partition coefficient (Wildman–Crippen LogP) is 3.04. The van der Waals surface area contributed by atoms with Crippen LogP contribution < -0.4 is 0 Å². The van der Waals surface area contributed by atoms with Crippen LogP contribution in [0.1, 0.15) is 0 Å². The summed E-state index contributed by atoms with van der Waals surface area (Å²) in [5, 5.41) is 3.30. The van der Waals surface area contributed by atoms with Gasteiger partial charge >= 0.3 is 0 Å². The summed E-state index contributed by atoms with van der Waals surface area (Å²) in [6.45, 7) is 0. The lowest BCUT2D eigenvalue weighted by Gasteiger charge is -1.87. The van der Waals surface area contributed by atoms with Crippen molar-refractivity contribution in [2.45, 2.75) is 0 Å². The molecule has 0 aliphatic heterocycles. The highest BCUT2D eigenvalue weighted by molar-refractivity contribution is 7.17. The van der Waals surface area contributed by atoms with Crippen molar-refractivity contribution in [2.75, 3.05) is 0 Å². The second-order valence-corrected chi connectivity index (χ2v) is 3.58. The molecule has 0 radical (unpaired) electrons. The van der Waals surface area contributed by atoms with Gasteiger partial charge in [0, 0.05) is 4.70 Å². The molecule has 0 saturated carbocycles. The number of oxazole rings is 1. The fraction of sp³-hybridized carbons (Fsp3) is 0. The van der Waals surface area contributed by atoms with Crippen LogP contribution >= 0.6 is 11.3 Å². The zero-order chi connectivity index (χ0) is 7.97. The Kier molecular flexibility index (Phi) is 1.07. The van der Waals surface area contributed by atoms with E-state index in [4.69, 9.17) is 4.42 Å². The Morgan fingerprint density at radius 2 is 2.33 bits per heavy atom. The molecule has 2 nitrogen and oxygen atoms in total. The van der Waals surface area contributed by atoms with E-state index in [1.54, 1.807) is 11.3 Å². The molecule has 0 spiro atoms. The summed E-state index contributed by atoms with van der Waals surface area (Å²) in [5.41, 5.74) is 1.80. The Morgan fingerprint density at radius 1 is 1.33 bits per heavy atom. The van der Waals surface area contributed by atoms with E-state index in [-0.39, 0.29) is 0 Å². The first-order chi connectivity index (χ1) is 5.93. The average molecular weight is 175 g/mol. The molecule has 0 atom stereocenters. The van der Waals surface area contributed by atoms with Gasteiger partial charge in [-0.1, -0.05) is 0 Å². The number of benzene rings is 1. The van der Waals surface area contributed by atoms with Crippen LogP contribution in [0.2, 0.25) is 0 Å². The maximum Gasteiger partial charge on any atom is 0.181 e. The molecule has 0 unspecified atom stereocenters. The number of rotatable bonds is 0. The minimum atomic E-state index is 0.862. The number of hydrogen-bond acceptors (Lipinski definition) is 3. The van der Waals surface area contributed by atoms with Crippen LogP contribution in [0.3, 0.4) is 0 Å². The summed E-state index contributed by atoms with van der Waals surface area (Å²) in [5.74, 6) is 0. The highest BCUT2D eigenvalue weighted by atomic mass is 32.1. The summed E-state index contributed by atoms with van der Waals surface area (Å²) < 4.78 is 6.45. The third-order valence-corrected chi connectivity index (χ3v) is 2.79. The van der Waals surface area contributed by atoms with Crippen molar-refractivity contribution >= 4 is 32.5 Å². The van der Waals surface area contributed by atoms with Gasteiger partial charge in [0.05, 0.1) is 0 Å². The van der Waals surface area contributed by atoms with Gasteiger partial charge in [0.25, 0.3) is 0 Å². The lowest BCUT2D eigenvalue weighted by atomic mass is 10.2. The van der Waals surface area contributed by atoms with Crippen molar-refractivity contribution in [2.24, 2.45) is 0 Å². The summed E-state index contributed by atoms with van der Waals surface area (Å²) in [6, 6.07) is 6.16. The van der Waals surface area contributed by atoms with Crippen LogP contribution in [0.25, 0.3) is 21.2 Å². The molecular formula is C9H5NOS. The Labute approximate surface area is 72.4 Å². The van der Waals surface area contributed by atoms with E-state index in [0.29, 0.717) is 0 Å². The van der Waals surface area contributed by atoms with E-state index in [1.807, 2.05) is 6.07 Å². The molecule has 2 heterocycles. The van der Waals surface area contributed by atoms with Crippen molar-refractivity contribution in [3.05, 3.63) is 30.0 Å². The number of fused-ring (bicyclic) bond motifs is 2. The lowest BCUT2D eigenvalue weighted by Crippen LogP contribution is -1.65. The molecule has 0 fully saturated rings.